The first kappa shape index (κ1) is 11.0. The van der Waals surface area contributed by atoms with Gasteiger partial charge in [0.2, 0.25) is 0 Å². The zero-order chi connectivity index (χ0) is 10.8. The number of hydrogen-bond acceptors (Lipinski definition) is 3. The SMILES string of the molecule is C=CCOC(=O)N1CCC(O)C1(C)C. The van der Waals surface area contributed by atoms with Crippen LogP contribution in [0, 0.1) is 0 Å². The minimum atomic E-state index is -0.530. The van der Waals surface area contributed by atoms with Crippen LogP contribution < -0.4 is 0 Å². The zero-order valence-electron chi connectivity index (χ0n) is 8.69. The molecule has 4 nitrogen and oxygen atoms in total. The quantitative estimate of drug-likeness (QED) is 0.679. The van der Waals surface area contributed by atoms with Crippen LogP contribution in [0.3, 0.4) is 0 Å². The molecule has 1 rings (SSSR count). The van der Waals surface area contributed by atoms with Crippen molar-refractivity contribution >= 4 is 6.09 Å². The van der Waals surface area contributed by atoms with E-state index in [2.05, 4.69) is 6.58 Å². The summed E-state index contributed by atoms with van der Waals surface area (Å²) in [6.45, 7) is 7.89. The fraction of sp³-hybridized carbons (Fsp3) is 0.700. The van der Waals surface area contributed by atoms with Crippen LogP contribution in [0.4, 0.5) is 4.79 Å². The Morgan fingerprint density at radius 1 is 1.79 bits per heavy atom. The maximum Gasteiger partial charge on any atom is 0.410 e. The molecule has 0 aromatic carbocycles. The molecular weight excluding hydrogens is 182 g/mol. The molecular formula is C10H17NO3. The molecule has 4 heteroatoms. The molecule has 1 atom stereocenters. The van der Waals surface area contributed by atoms with Gasteiger partial charge in [0, 0.05) is 6.54 Å². The summed E-state index contributed by atoms with van der Waals surface area (Å²) in [7, 11) is 0. The number of hydrogen-bond donors (Lipinski definition) is 1. The van der Waals surface area contributed by atoms with Crippen molar-refractivity contribution in [2.45, 2.75) is 31.9 Å². The number of aliphatic hydroxyl groups excluding tert-OH is 1. The highest BCUT2D eigenvalue weighted by Crippen LogP contribution is 2.29. The van der Waals surface area contributed by atoms with Gasteiger partial charge in [-0.1, -0.05) is 12.7 Å². The molecule has 0 radical (unpaired) electrons. The number of likely N-dealkylation sites (tertiary alicyclic amines) is 1. The van der Waals surface area contributed by atoms with E-state index in [-0.39, 0.29) is 12.7 Å². The molecule has 0 bridgehead atoms. The predicted molar refractivity (Wildman–Crippen MR) is 53.0 cm³/mol. The molecule has 1 fully saturated rings. The molecule has 14 heavy (non-hydrogen) atoms. The van der Waals surface area contributed by atoms with Gasteiger partial charge in [0.1, 0.15) is 6.61 Å². The van der Waals surface area contributed by atoms with E-state index in [1.54, 1.807) is 4.90 Å². The lowest BCUT2D eigenvalue weighted by Crippen LogP contribution is -2.48. The van der Waals surface area contributed by atoms with Gasteiger partial charge >= 0.3 is 6.09 Å². The molecule has 1 aliphatic heterocycles. The zero-order valence-corrected chi connectivity index (χ0v) is 8.69. The Labute approximate surface area is 84.2 Å². The molecule has 0 spiro atoms. The summed E-state index contributed by atoms with van der Waals surface area (Å²) in [5, 5.41) is 9.63. The van der Waals surface area contributed by atoms with E-state index in [4.69, 9.17) is 4.74 Å². The fourth-order valence-electron chi connectivity index (χ4n) is 1.61. The Hall–Kier alpha value is -1.03. The molecule has 1 N–H and O–H groups in total. The molecule has 0 saturated carbocycles. The van der Waals surface area contributed by atoms with Crippen LogP contribution in [0.15, 0.2) is 12.7 Å². The van der Waals surface area contributed by atoms with Crippen molar-refractivity contribution < 1.29 is 14.6 Å². The normalized spacial score (nSPS) is 24.8. The summed E-state index contributed by atoms with van der Waals surface area (Å²) in [5.41, 5.74) is -0.530. The van der Waals surface area contributed by atoms with E-state index < -0.39 is 11.6 Å². The minimum Gasteiger partial charge on any atom is -0.445 e. The Bertz CT molecular complexity index is 238. The summed E-state index contributed by atoms with van der Waals surface area (Å²) in [4.78, 5) is 13.1. The van der Waals surface area contributed by atoms with Crippen LogP contribution in [0.25, 0.3) is 0 Å². The first-order chi connectivity index (χ1) is 6.50. The highest BCUT2D eigenvalue weighted by atomic mass is 16.6. The first-order valence-electron chi connectivity index (χ1n) is 4.73. The number of ether oxygens (including phenoxy) is 1. The number of carbonyl (C=O) groups excluding carboxylic acids is 1. The molecule has 1 saturated heterocycles. The number of carbonyl (C=O) groups is 1. The van der Waals surface area contributed by atoms with Crippen molar-refractivity contribution in [1.82, 2.24) is 4.90 Å². The van der Waals surface area contributed by atoms with Crippen molar-refractivity contribution in [3.63, 3.8) is 0 Å². The number of rotatable bonds is 2. The van der Waals surface area contributed by atoms with Gasteiger partial charge in [-0.15, -0.1) is 0 Å². The van der Waals surface area contributed by atoms with Crippen LogP contribution in [0.1, 0.15) is 20.3 Å². The second kappa shape index (κ2) is 4.00. The second-order valence-corrected chi connectivity index (χ2v) is 3.98. The van der Waals surface area contributed by atoms with Gasteiger partial charge in [-0.25, -0.2) is 4.79 Å². The second-order valence-electron chi connectivity index (χ2n) is 3.98. The Kier molecular flexibility index (Phi) is 3.16. The Morgan fingerprint density at radius 3 is 2.86 bits per heavy atom. The van der Waals surface area contributed by atoms with E-state index in [1.807, 2.05) is 13.8 Å². The molecule has 0 aliphatic carbocycles. The molecule has 1 amide bonds. The van der Waals surface area contributed by atoms with Gasteiger partial charge in [-0.05, 0) is 20.3 Å². The van der Waals surface area contributed by atoms with Crippen LogP contribution in [-0.4, -0.2) is 40.9 Å². The third-order valence-corrected chi connectivity index (χ3v) is 2.68. The van der Waals surface area contributed by atoms with Crippen molar-refractivity contribution in [3.05, 3.63) is 12.7 Å². The largest absolute Gasteiger partial charge is 0.445 e. The van der Waals surface area contributed by atoms with Gasteiger partial charge in [-0.3, -0.25) is 0 Å². The average Bonchev–Trinajstić information content (AvgIpc) is 2.38. The van der Waals surface area contributed by atoms with E-state index >= 15 is 0 Å². The lowest BCUT2D eigenvalue weighted by Gasteiger charge is -2.32. The lowest BCUT2D eigenvalue weighted by atomic mass is 9.99. The van der Waals surface area contributed by atoms with E-state index in [1.165, 1.54) is 6.08 Å². The predicted octanol–water partition coefficient (Wildman–Crippen LogP) is 1.15. The summed E-state index contributed by atoms with van der Waals surface area (Å²) >= 11 is 0. The third kappa shape index (κ3) is 1.90. The summed E-state index contributed by atoms with van der Waals surface area (Å²) in [6, 6.07) is 0. The Morgan fingerprint density at radius 2 is 2.43 bits per heavy atom. The van der Waals surface area contributed by atoms with Crippen molar-refractivity contribution in [3.8, 4) is 0 Å². The van der Waals surface area contributed by atoms with E-state index in [0.717, 1.165) is 0 Å². The molecule has 80 valence electrons. The highest BCUT2D eigenvalue weighted by Gasteiger charge is 2.43. The summed E-state index contributed by atoms with van der Waals surface area (Å²) in [6.07, 6.45) is 1.28. The lowest BCUT2D eigenvalue weighted by molar-refractivity contribution is 0.0420. The maximum atomic E-state index is 11.5. The molecule has 1 unspecified atom stereocenters. The van der Waals surface area contributed by atoms with Crippen molar-refractivity contribution in [1.29, 1.82) is 0 Å². The molecule has 0 aromatic rings. The third-order valence-electron chi connectivity index (χ3n) is 2.68. The summed E-state index contributed by atoms with van der Waals surface area (Å²) in [5.74, 6) is 0. The molecule has 1 aliphatic rings. The minimum absolute atomic E-state index is 0.210. The topological polar surface area (TPSA) is 49.8 Å². The van der Waals surface area contributed by atoms with Gasteiger partial charge in [-0.2, -0.15) is 0 Å². The molecule has 1 heterocycles. The number of amides is 1. The standard InChI is InChI=1S/C10H17NO3/c1-4-7-14-9(13)11-6-5-8(12)10(11,2)3/h4,8,12H,1,5-7H2,2-3H3. The van der Waals surface area contributed by atoms with Crippen LogP contribution in [0.5, 0.6) is 0 Å². The van der Waals surface area contributed by atoms with Crippen LogP contribution >= 0.6 is 0 Å². The molecule has 0 aromatic heterocycles. The van der Waals surface area contributed by atoms with Crippen molar-refractivity contribution in [2.24, 2.45) is 0 Å². The van der Waals surface area contributed by atoms with Gasteiger partial charge < -0.3 is 14.7 Å². The van der Waals surface area contributed by atoms with Gasteiger partial charge in [0.15, 0.2) is 0 Å². The van der Waals surface area contributed by atoms with E-state index in [0.29, 0.717) is 13.0 Å². The van der Waals surface area contributed by atoms with E-state index in [9.17, 15) is 9.90 Å². The highest BCUT2D eigenvalue weighted by molar-refractivity contribution is 5.69. The summed E-state index contributed by atoms with van der Waals surface area (Å²) < 4.78 is 4.92. The van der Waals surface area contributed by atoms with Crippen LogP contribution in [0.2, 0.25) is 0 Å². The first-order valence-corrected chi connectivity index (χ1v) is 4.73. The fourth-order valence-corrected chi connectivity index (χ4v) is 1.61. The number of nitrogens with zero attached hydrogens (tertiary/aromatic N) is 1. The smallest absolute Gasteiger partial charge is 0.410 e. The average molecular weight is 199 g/mol. The number of aliphatic hydroxyl groups is 1. The maximum absolute atomic E-state index is 11.5. The van der Waals surface area contributed by atoms with Gasteiger partial charge in [0.05, 0.1) is 11.6 Å². The van der Waals surface area contributed by atoms with Crippen molar-refractivity contribution in [2.75, 3.05) is 13.2 Å². The van der Waals surface area contributed by atoms with Gasteiger partial charge in [0.25, 0.3) is 0 Å². The monoisotopic (exact) mass is 199 g/mol. The van der Waals surface area contributed by atoms with Crippen LogP contribution in [-0.2, 0) is 4.74 Å². The Balaban J connectivity index is 2.60.